The SMILES string of the molecule is [2H]C([2H])([2H])C(OC(=O)C[C@@H]1C(=O)N2C[C@H](Oc3nccc4cc(OC(C)C)ccc34)C[C@H]2C(=O)C[C@]2(C(=O)NS(=O)(=O)C3CC3)C[C@H]2/C=C\CC[C@@H](C)C[C@H]1C)(C([2H])([2H])[2H])C([2H])([2H])[2H].[2H]C([2H])([2H])C(OC(=O)C[C@@H]1C(=O)N2C[C@H](Oc3nccc4cc(OC(C)C)ccc34)C[C@H]2C(=O)C[C@]2(C(=O)NS(=O)(=O)C3CC3)C[C@H]2/C=C\CC[C@H](C)C[C@H]1C)(C([2H])([2H])[2H])C([2H])([2H])[2H]. The fraction of sp³-hybridized carbons (Fsp3) is 0.643. The number of fused-ring (bicyclic) bond motifs is 6. The second kappa shape index (κ2) is 33.4. The topological polar surface area (TPSA) is 317 Å². The Hall–Kier alpha value is -8.00. The highest BCUT2D eigenvalue weighted by Crippen LogP contribution is 2.59. The average Bonchev–Trinajstić information content (AvgIpc) is 1.16. The van der Waals surface area contributed by atoms with Crippen molar-refractivity contribution in [2.75, 3.05) is 13.1 Å². The van der Waals surface area contributed by atoms with Gasteiger partial charge in [-0.3, -0.25) is 47.8 Å². The summed E-state index contributed by atoms with van der Waals surface area (Å²) in [7, 11) is -7.97. The lowest BCUT2D eigenvalue weighted by molar-refractivity contribution is -0.160. The molecular weight excluding hydrogens is 1450 g/mol. The summed E-state index contributed by atoms with van der Waals surface area (Å²) < 4.78 is 235. The molecule has 2 aromatic heterocycles. The highest BCUT2D eigenvalue weighted by Gasteiger charge is 2.63. The number of ketones is 2. The van der Waals surface area contributed by atoms with Crippen molar-refractivity contribution < 1.29 is 108 Å². The number of benzene rings is 2. The largest absolute Gasteiger partial charge is 0.491 e. The molecule has 14 atom stereocenters. The van der Waals surface area contributed by atoms with Crippen molar-refractivity contribution in [2.24, 2.45) is 58.2 Å². The Bertz CT molecular complexity index is 4770. The zero-order chi connectivity index (χ0) is 94.7. The summed E-state index contributed by atoms with van der Waals surface area (Å²) in [5.41, 5.74) is -10.7. The van der Waals surface area contributed by atoms with Crippen molar-refractivity contribution in [2.45, 2.75) is 270 Å². The molecular formula is C84H114N6O18S2. The Balaban J connectivity index is 0.000000248. The van der Waals surface area contributed by atoms with Crippen LogP contribution >= 0.6 is 0 Å². The van der Waals surface area contributed by atoms with Crippen LogP contribution in [0.1, 0.15) is 237 Å². The van der Waals surface area contributed by atoms with Gasteiger partial charge in [-0.2, -0.15) is 0 Å². The number of hydrogen-bond acceptors (Lipinski definition) is 20. The highest BCUT2D eigenvalue weighted by atomic mass is 32.2. The average molecular weight is 1580 g/mol. The van der Waals surface area contributed by atoms with Gasteiger partial charge in [0.1, 0.15) is 34.9 Å². The molecule has 4 amide bonds. The standard InChI is InChI=1S/2C42H57N3O9S/c2*1-25(2)52-30-12-15-33-28(19-30)16-17-43-38(33)53-31-20-35-36(46)23-42(40(49)44-55(50,51)32-13-14-32)22-29(42)11-9-8-10-26(3)18-27(4)34(39(48)45(35)24-31)21-37(47)54-41(5,6)7/h2*9,11-12,15-17,19,25-27,29,31-32,34-35H,8,10,13-14,18,20-24H2,1-7H3,(H,44,49)/b2*11-9-/t26-,27+,29+,31+,34-,35-,42+;26-,27-,29-,31-,34+,35+,42-/m01/s1/i2*5D3,6D3,7D3. The second-order valence-corrected chi connectivity index (χ2v) is 36.4. The van der Waals surface area contributed by atoms with Crippen LogP contribution in [0.4, 0.5) is 0 Å². The predicted molar refractivity (Wildman–Crippen MR) is 415 cm³/mol. The summed E-state index contributed by atoms with van der Waals surface area (Å²) >= 11 is 0. The van der Waals surface area contributed by atoms with Crippen molar-refractivity contribution in [1.29, 1.82) is 0 Å². The molecule has 0 spiro atoms. The summed E-state index contributed by atoms with van der Waals surface area (Å²) in [6.07, 6.45) is 10.5. The van der Waals surface area contributed by atoms with Gasteiger partial charge in [-0.05, 0) is 241 Å². The first kappa shape index (κ1) is 61.6. The monoisotopic (exact) mass is 1580 g/mol. The normalized spacial score (nSPS) is 32.9. The van der Waals surface area contributed by atoms with Crippen LogP contribution in [-0.4, -0.2) is 155 Å². The minimum Gasteiger partial charge on any atom is -0.491 e. The number of Topliss-reactive ketones (excluding diaryl/α,β-unsaturated/α-hetero) is 2. The minimum atomic E-state index is -3.98. The van der Waals surface area contributed by atoms with Crippen molar-refractivity contribution in [3.8, 4) is 23.3 Å². The van der Waals surface area contributed by atoms with Crippen LogP contribution in [0.5, 0.6) is 23.3 Å². The van der Waals surface area contributed by atoms with Crippen molar-refractivity contribution in [3.05, 3.63) is 85.2 Å². The van der Waals surface area contributed by atoms with E-state index in [9.17, 15) is 45.6 Å². The van der Waals surface area contributed by atoms with Crippen molar-refractivity contribution in [1.82, 2.24) is 29.2 Å². The molecule has 2 saturated heterocycles. The van der Waals surface area contributed by atoms with Gasteiger partial charge in [-0.25, -0.2) is 26.8 Å². The minimum absolute atomic E-state index is 0.0887. The molecule has 24 nitrogen and oxygen atoms in total. The number of aromatic nitrogens is 2. The van der Waals surface area contributed by atoms with E-state index in [0.29, 0.717) is 86.5 Å². The van der Waals surface area contributed by atoms with E-state index >= 15 is 9.59 Å². The Morgan fingerprint density at radius 2 is 0.936 bits per heavy atom. The van der Waals surface area contributed by atoms with Gasteiger partial charge in [0.15, 0.2) is 11.6 Å². The Morgan fingerprint density at radius 1 is 0.555 bits per heavy atom. The van der Waals surface area contributed by atoms with Gasteiger partial charge in [0.2, 0.25) is 55.4 Å². The van der Waals surface area contributed by atoms with Gasteiger partial charge >= 0.3 is 11.9 Å². The van der Waals surface area contributed by atoms with Gasteiger partial charge in [0.05, 0.1) is 83.4 Å². The van der Waals surface area contributed by atoms with Gasteiger partial charge in [0, 0.05) is 73.5 Å². The van der Waals surface area contributed by atoms with Gasteiger partial charge in [-0.1, -0.05) is 52.0 Å². The van der Waals surface area contributed by atoms with Crippen LogP contribution < -0.4 is 28.4 Å². The number of nitrogens with one attached hydrogen (secondary N) is 2. The molecule has 110 heavy (non-hydrogen) atoms. The highest BCUT2D eigenvalue weighted by molar-refractivity contribution is 7.91. The molecule has 4 aromatic rings. The maximum Gasteiger partial charge on any atom is 0.307 e. The number of pyridine rings is 2. The first-order valence-electron chi connectivity index (χ1n) is 47.2. The van der Waals surface area contributed by atoms with Gasteiger partial charge < -0.3 is 38.2 Å². The van der Waals surface area contributed by atoms with Gasteiger partial charge in [0.25, 0.3) is 0 Å². The Labute approximate surface area is 673 Å². The number of hydrogen-bond donors (Lipinski definition) is 2. The molecule has 12 rings (SSSR count). The third-order valence-electron chi connectivity index (χ3n) is 22.3. The number of amides is 4. The molecule has 2 aromatic carbocycles. The third kappa shape index (κ3) is 20.6. The Morgan fingerprint density at radius 3 is 1.29 bits per heavy atom. The Kier molecular flexibility index (Phi) is 18.7. The number of esters is 2. The third-order valence-corrected chi connectivity index (χ3v) is 26.0. The maximum absolute atomic E-state index is 15.1. The molecule has 600 valence electrons. The molecule has 0 bridgehead atoms. The molecule has 4 aliphatic heterocycles. The lowest BCUT2D eigenvalue weighted by atomic mass is 9.82. The fourth-order valence-electron chi connectivity index (χ4n) is 16.2. The molecule has 26 heteroatoms. The van der Waals surface area contributed by atoms with E-state index in [4.69, 9.17) is 53.1 Å². The lowest BCUT2D eigenvalue weighted by Crippen LogP contribution is -2.47. The number of carbonyl (C=O) groups is 8. The molecule has 4 aliphatic carbocycles. The molecule has 2 N–H and O–H groups in total. The number of sulfonamides is 2. The van der Waals surface area contributed by atoms with E-state index in [2.05, 4.69) is 19.4 Å². The molecule has 4 saturated carbocycles. The maximum atomic E-state index is 15.1. The fourth-order valence-corrected chi connectivity index (χ4v) is 19.0. The van der Waals surface area contributed by atoms with E-state index in [1.54, 1.807) is 50.2 Å². The zero-order valence-corrected chi connectivity index (χ0v) is 65.0. The predicted octanol–water partition coefficient (Wildman–Crippen LogP) is 12.6. The number of ether oxygens (including phenoxy) is 6. The van der Waals surface area contributed by atoms with Crippen molar-refractivity contribution in [3.63, 3.8) is 0 Å². The quantitative estimate of drug-likeness (QED) is 0.0690. The molecule has 8 aliphatic rings. The van der Waals surface area contributed by atoms with Crippen LogP contribution in [-0.2, 0) is 67.9 Å². The summed E-state index contributed by atoms with van der Waals surface area (Å²) in [4.78, 5) is 127. The van der Waals surface area contributed by atoms with Crippen LogP contribution in [0, 0.1) is 58.2 Å². The number of nitrogens with zero attached hydrogens (tertiary/aromatic N) is 4. The van der Waals surface area contributed by atoms with E-state index in [1.165, 1.54) is 22.2 Å². The summed E-state index contributed by atoms with van der Waals surface area (Å²) in [5, 5.41) is 1.26. The second-order valence-electron chi connectivity index (χ2n) is 32.4. The molecule has 6 heterocycles. The van der Waals surface area contributed by atoms with Crippen molar-refractivity contribution >= 4 is 88.7 Å². The first-order valence-corrected chi connectivity index (χ1v) is 41.3. The molecule has 6 fully saturated rings. The molecule has 0 radical (unpaired) electrons. The van der Waals surface area contributed by atoms with E-state index in [1.807, 2.05) is 78.0 Å². The van der Waals surface area contributed by atoms with Gasteiger partial charge in [-0.15, -0.1) is 0 Å². The number of allylic oxidation sites excluding steroid dienone is 4. The number of carbonyl (C=O) groups excluding carboxylic acids is 8. The zero-order valence-electron chi connectivity index (χ0n) is 81.4. The van der Waals surface area contributed by atoms with E-state index in [0.717, 1.165) is 10.8 Å². The van der Waals surface area contributed by atoms with E-state index < -0.39 is 226 Å². The number of rotatable bonds is 18. The summed E-state index contributed by atoms with van der Waals surface area (Å²) in [6.45, 7) is -8.79. The van der Waals surface area contributed by atoms with Crippen LogP contribution in [0.2, 0.25) is 0 Å². The summed E-state index contributed by atoms with van der Waals surface area (Å²) in [6, 6.07) is 11.7. The first-order chi connectivity index (χ1) is 59.2. The van der Waals surface area contributed by atoms with Crippen LogP contribution in [0.25, 0.3) is 21.5 Å². The van der Waals surface area contributed by atoms with Crippen LogP contribution in [0.15, 0.2) is 85.2 Å². The lowest BCUT2D eigenvalue weighted by Gasteiger charge is -2.32. The van der Waals surface area contributed by atoms with E-state index in [-0.39, 0.29) is 74.6 Å². The molecule has 0 unspecified atom stereocenters. The van der Waals surface area contributed by atoms with Crippen LogP contribution in [0.3, 0.4) is 0 Å². The smallest absolute Gasteiger partial charge is 0.307 e. The summed E-state index contributed by atoms with van der Waals surface area (Å²) in [5.74, 6) is -11.0.